The molecule has 1 atom stereocenters. The lowest BCUT2D eigenvalue weighted by Gasteiger charge is -2.15. The second-order valence-corrected chi connectivity index (χ2v) is 5.66. The number of halogens is 3. The van der Waals surface area contributed by atoms with E-state index in [4.69, 9.17) is 0 Å². The van der Waals surface area contributed by atoms with E-state index in [1.165, 1.54) is 24.0 Å². The molecule has 21 heavy (non-hydrogen) atoms. The lowest BCUT2D eigenvalue weighted by molar-refractivity contribution is -0.137. The summed E-state index contributed by atoms with van der Waals surface area (Å²) >= 11 is 1.27. The highest BCUT2D eigenvalue weighted by Gasteiger charge is 2.32. The van der Waals surface area contributed by atoms with E-state index in [2.05, 4.69) is 15.5 Å². The van der Waals surface area contributed by atoms with Gasteiger partial charge in [-0.3, -0.25) is 9.89 Å². The smallest absolute Gasteiger partial charge is 0.310 e. The maximum atomic E-state index is 12.8. The fourth-order valence-corrected chi connectivity index (χ4v) is 3.26. The van der Waals surface area contributed by atoms with Crippen molar-refractivity contribution in [3.05, 3.63) is 47.2 Å². The van der Waals surface area contributed by atoms with E-state index in [0.717, 1.165) is 12.1 Å². The van der Waals surface area contributed by atoms with Crippen LogP contribution < -0.4 is 5.32 Å². The number of aromatic nitrogens is 2. The van der Waals surface area contributed by atoms with Crippen molar-refractivity contribution in [1.29, 1.82) is 0 Å². The van der Waals surface area contributed by atoms with Gasteiger partial charge in [-0.25, -0.2) is 0 Å². The van der Waals surface area contributed by atoms with E-state index in [-0.39, 0.29) is 16.9 Å². The monoisotopic (exact) mass is 313 g/mol. The van der Waals surface area contributed by atoms with Crippen LogP contribution in [0.5, 0.6) is 0 Å². The highest BCUT2D eigenvalue weighted by atomic mass is 32.2. The number of carbonyl (C=O) groups is 1. The van der Waals surface area contributed by atoms with Gasteiger partial charge in [-0.15, -0.1) is 11.8 Å². The fraction of sp³-hybridized carbons (Fsp3) is 0.231. The van der Waals surface area contributed by atoms with Gasteiger partial charge < -0.3 is 5.32 Å². The van der Waals surface area contributed by atoms with E-state index < -0.39 is 11.7 Å². The third-order valence-corrected chi connectivity index (χ3v) is 4.40. The van der Waals surface area contributed by atoms with Gasteiger partial charge in [0.05, 0.1) is 22.8 Å². The first-order valence-corrected chi connectivity index (χ1v) is 7.12. The number of carbonyl (C=O) groups excluding carboxylic acids is 1. The Morgan fingerprint density at radius 3 is 2.90 bits per heavy atom. The largest absolute Gasteiger partial charge is 0.416 e. The number of alkyl halides is 3. The number of benzene rings is 1. The molecule has 1 aromatic heterocycles. The molecule has 2 aromatic rings. The normalized spacial score (nSPS) is 18.8. The van der Waals surface area contributed by atoms with Crippen molar-refractivity contribution >= 4 is 23.5 Å². The van der Waals surface area contributed by atoms with Gasteiger partial charge in [-0.2, -0.15) is 18.3 Å². The molecule has 0 aliphatic carbocycles. The SMILES string of the molecule is O=C1CS[C@H](c2cccc(C(F)(F)F)c2)c2cn[nH]c2N1. The number of rotatable bonds is 1. The molecule has 3 rings (SSSR count). The molecular formula is C13H10F3N3OS. The number of nitrogens with one attached hydrogen (secondary N) is 2. The molecular weight excluding hydrogens is 303 g/mol. The number of aromatic amines is 1. The summed E-state index contributed by atoms with van der Waals surface area (Å²) in [6.45, 7) is 0. The van der Waals surface area contributed by atoms with E-state index in [0.29, 0.717) is 16.9 Å². The Hall–Kier alpha value is -1.96. The predicted molar refractivity (Wildman–Crippen MR) is 73.0 cm³/mol. The zero-order valence-electron chi connectivity index (χ0n) is 10.6. The number of hydrogen-bond donors (Lipinski definition) is 2. The first kappa shape index (κ1) is 14.0. The Bertz CT molecular complexity index is 683. The Kier molecular flexibility index (Phi) is 3.40. The van der Waals surface area contributed by atoms with E-state index >= 15 is 0 Å². The molecule has 0 unspecified atom stereocenters. The zero-order chi connectivity index (χ0) is 15.0. The Morgan fingerprint density at radius 1 is 1.33 bits per heavy atom. The van der Waals surface area contributed by atoms with Crippen LogP contribution >= 0.6 is 11.8 Å². The van der Waals surface area contributed by atoms with E-state index in [1.807, 2.05) is 0 Å². The van der Waals surface area contributed by atoms with Crippen LogP contribution in [-0.2, 0) is 11.0 Å². The molecule has 0 saturated carbocycles. The number of anilines is 1. The van der Waals surface area contributed by atoms with Crippen molar-refractivity contribution in [2.24, 2.45) is 0 Å². The number of H-pyrrole nitrogens is 1. The summed E-state index contributed by atoms with van der Waals surface area (Å²) in [5.74, 6) is 0.399. The molecule has 2 heterocycles. The Labute approximate surface area is 122 Å². The Balaban J connectivity index is 2.03. The first-order valence-electron chi connectivity index (χ1n) is 6.07. The summed E-state index contributed by atoms with van der Waals surface area (Å²) in [4.78, 5) is 11.6. The van der Waals surface area contributed by atoms with Crippen LogP contribution in [0, 0.1) is 0 Å². The molecule has 8 heteroatoms. The molecule has 2 N–H and O–H groups in total. The summed E-state index contributed by atoms with van der Waals surface area (Å²) in [6.07, 6.45) is -2.86. The molecule has 4 nitrogen and oxygen atoms in total. The highest BCUT2D eigenvalue weighted by molar-refractivity contribution is 8.00. The maximum absolute atomic E-state index is 12.8. The molecule has 1 aliphatic heterocycles. The first-order chi connectivity index (χ1) is 9.95. The van der Waals surface area contributed by atoms with E-state index in [9.17, 15) is 18.0 Å². The number of hydrogen-bond acceptors (Lipinski definition) is 3. The van der Waals surface area contributed by atoms with Gasteiger partial charge in [0.2, 0.25) is 5.91 Å². The van der Waals surface area contributed by atoms with Crippen LogP contribution in [-0.4, -0.2) is 21.9 Å². The van der Waals surface area contributed by atoms with Crippen LogP contribution in [0.3, 0.4) is 0 Å². The summed E-state index contributed by atoms with van der Waals surface area (Å²) < 4.78 is 38.5. The summed E-state index contributed by atoms with van der Waals surface area (Å²) in [5, 5.41) is 8.78. The van der Waals surface area contributed by atoms with Crippen LogP contribution in [0.15, 0.2) is 30.5 Å². The van der Waals surface area contributed by atoms with Crippen LogP contribution in [0.2, 0.25) is 0 Å². The molecule has 0 bridgehead atoms. The van der Waals surface area contributed by atoms with Gasteiger partial charge in [0.1, 0.15) is 5.82 Å². The van der Waals surface area contributed by atoms with Crippen molar-refractivity contribution < 1.29 is 18.0 Å². The molecule has 0 radical (unpaired) electrons. The van der Waals surface area contributed by atoms with Crippen molar-refractivity contribution in [3.8, 4) is 0 Å². The zero-order valence-corrected chi connectivity index (χ0v) is 11.4. The molecule has 0 fully saturated rings. The van der Waals surface area contributed by atoms with Gasteiger partial charge in [-0.05, 0) is 11.6 Å². The van der Waals surface area contributed by atoms with Gasteiger partial charge in [-0.1, -0.05) is 18.2 Å². The van der Waals surface area contributed by atoms with Gasteiger partial charge in [0, 0.05) is 5.56 Å². The van der Waals surface area contributed by atoms with Crippen LogP contribution in [0.4, 0.5) is 19.0 Å². The van der Waals surface area contributed by atoms with E-state index in [1.54, 1.807) is 6.07 Å². The second-order valence-electron chi connectivity index (χ2n) is 4.56. The number of amides is 1. The fourth-order valence-electron chi connectivity index (χ4n) is 2.17. The number of fused-ring (bicyclic) bond motifs is 1. The molecule has 0 saturated heterocycles. The minimum Gasteiger partial charge on any atom is -0.310 e. The average molecular weight is 313 g/mol. The molecule has 1 amide bonds. The van der Waals surface area contributed by atoms with Crippen molar-refractivity contribution in [2.75, 3.05) is 11.1 Å². The molecule has 110 valence electrons. The Morgan fingerprint density at radius 2 is 2.14 bits per heavy atom. The minimum atomic E-state index is -4.39. The number of nitrogens with zero attached hydrogens (tertiary/aromatic N) is 1. The lowest BCUT2D eigenvalue weighted by Crippen LogP contribution is -2.12. The van der Waals surface area contributed by atoms with Crippen molar-refractivity contribution in [1.82, 2.24) is 10.2 Å². The van der Waals surface area contributed by atoms with Gasteiger partial charge in [0.15, 0.2) is 0 Å². The highest BCUT2D eigenvalue weighted by Crippen LogP contribution is 2.41. The third kappa shape index (κ3) is 2.76. The lowest BCUT2D eigenvalue weighted by atomic mass is 10.0. The average Bonchev–Trinajstić information content (AvgIpc) is 2.80. The molecule has 1 aromatic carbocycles. The number of thioether (sulfide) groups is 1. The molecule has 1 aliphatic rings. The summed E-state index contributed by atoms with van der Waals surface area (Å²) in [7, 11) is 0. The topological polar surface area (TPSA) is 57.8 Å². The van der Waals surface area contributed by atoms with Gasteiger partial charge >= 0.3 is 6.18 Å². The maximum Gasteiger partial charge on any atom is 0.416 e. The summed E-state index contributed by atoms with van der Waals surface area (Å²) in [5.41, 5.74) is 0.466. The standard InChI is InChI=1S/C13H10F3N3OS/c14-13(15,16)8-3-1-2-7(4-8)11-9-5-17-19-12(9)18-10(20)6-21-11/h1-5,11H,6H2,(H2,17,18,19,20)/t11-/m1/s1. The summed E-state index contributed by atoms with van der Waals surface area (Å²) in [6, 6.07) is 5.15. The predicted octanol–water partition coefficient (Wildman–Crippen LogP) is 3.20. The third-order valence-electron chi connectivity index (χ3n) is 3.11. The molecule has 0 spiro atoms. The van der Waals surface area contributed by atoms with Crippen molar-refractivity contribution in [3.63, 3.8) is 0 Å². The van der Waals surface area contributed by atoms with Crippen molar-refractivity contribution in [2.45, 2.75) is 11.4 Å². The second kappa shape index (κ2) is 5.10. The van der Waals surface area contributed by atoms with Crippen LogP contribution in [0.1, 0.15) is 21.9 Å². The van der Waals surface area contributed by atoms with Gasteiger partial charge in [0.25, 0.3) is 0 Å². The quantitative estimate of drug-likeness (QED) is 0.850. The minimum absolute atomic E-state index is 0.170. The van der Waals surface area contributed by atoms with Crippen LogP contribution in [0.25, 0.3) is 0 Å².